The average molecular weight is 259 g/mol. The van der Waals surface area contributed by atoms with E-state index in [9.17, 15) is 0 Å². The van der Waals surface area contributed by atoms with Gasteiger partial charge in [-0.05, 0) is 24.1 Å². The van der Waals surface area contributed by atoms with E-state index in [1.807, 2.05) is 82.3 Å². The molecule has 1 nitrogen and oxygen atoms in total. The molecule has 19 heavy (non-hydrogen) atoms. The van der Waals surface area contributed by atoms with E-state index in [1.54, 1.807) is 0 Å². The Hall–Kier alpha value is -1.76. The van der Waals surface area contributed by atoms with Crippen molar-refractivity contribution >= 4 is 5.69 Å². The maximum absolute atomic E-state index is 5.53. The average Bonchev–Trinajstić information content (AvgIpc) is 2.53. The molecule has 106 valence electrons. The van der Waals surface area contributed by atoms with Crippen LogP contribution in [0.1, 0.15) is 40.2 Å². The first-order chi connectivity index (χ1) is 9.33. The van der Waals surface area contributed by atoms with Crippen LogP contribution in [0.5, 0.6) is 0 Å². The van der Waals surface area contributed by atoms with Crippen LogP contribution >= 0.6 is 0 Å². The second-order valence-electron chi connectivity index (χ2n) is 3.25. The van der Waals surface area contributed by atoms with E-state index in [2.05, 4.69) is 13.0 Å². The first-order valence-electron chi connectivity index (χ1n) is 7.17. The molecule has 0 radical (unpaired) electrons. The minimum atomic E-state index is 0.856. The summed E-state index contributed by atoms with van der Waals surface area (Å²) < 4.78 is 0. The van der Waals surface area contributed by atoms with Gasteiger partial charge < -0.3 is 5.73 Å². The fourth-order valence-electron chi connectivity index (χ4n) is 1.20. The maximum Gasteiger partial charge on any atom is 0.0316 e. The largest absolute Gasteiger partial charge is 0.399 e. The standard InChI is InChI=1S/C8H11N.C6H6.2C2H6/c1-2-7-4-3-5-8(9)6-7;1-2-4-6-5-3-1;2*1-2/h3-6H,2,9H2,1H3;1-6H;2*1-2H3. The van der Waals surface area contributed by atoms with Crippen LogP contribution in [0.2, 0.25) is 0 Å². The van der Waals surface area contributed by atoms with Crippen molar-refractivity contribution in [3.63, 3.8) is 0 Å². The number of benzene rings is 2. The van der Waals surface area contributed by atoms with Gasteiger partial charge in [0.15, 0.2) is 0 Å². The summed E-state index contributed by atoms with van der Waals surface area (Å²) in [6, 6.07) is 20.0. The monoisotopic (exact) mass is 259 g/mol. The van der Waals surface area contributed by atoms with Crippen molar-refractivity contribution in [2.24, 2.45) is 0 Å². The van der Waals surface area contributed by atoms with Crippen molar-refractivity contribution in [3.05, 3.63) is 66.2 Å². The summed E-state index contributed by atoms with van der Waals surface area (Å²) in [6.45, 7) is 10.1. The van der Waals surface area contributed by atoms with Crippen molar-refractivity contribution in [2.75, 3.05) is 5.73 Å². The molecule has 2 aromatic carbocycles. The lowest BCUT2D eigenvalue weighted by Gasteiger charge is -1.95. The molecule has 0 aromatic heterocycles. The molecule has 0 aliphatic rings. The molecular weight excluding hydrogens is 230 g/mol. The fraction of sp³-hybridized carbons (Fsp3) is 0.333. The highest BCUT2D eigenvalue weighted by Gasteiger charge is 1.86. The van der Waals surface area contributed by atoms with Crippen LogP contribution < -0.4 is 5.73 Å². The summed E-state index contributed by atoms with van der Waals surface area (Å²) in [5, 5.41) is 0. The van der Waals surface area contributed by atoms with E-state index < -0.39 is 0 Å². The first kappa shape index (κ1) is 19.6. The van der Waals surface area contributed by atoms with Gasteiger partial charge in [-0.25, -0.2) is 0 Å². The second-order valence-corrected chi connectivity index (χ2v) is 3.25. The lowest BCUT2D eigenvalue weighted by molar-refractivity contribution is 1.14. The number of rotatable bonds is 1. The Morgan fingerprint density at radius 2 is 1.16 bits per heavy atom. The van der Waals surface area contributed by atoms with Crippen molar-refractivity contribution in [1.82, 2.24) is 0 Å². The predicted octanol–water partition coefficient (Wildman–Crippen LogP) is 5.57. The quantitative estimate of drug-likeness (QED) is 0.666. The SMILES string of the molecule is CC.CC.CCc1cccc(N)c1.c1ccccc1. The van der Waals surface area contributed by atoms with Crippen LogP contribution in [-0.4, -0.2) is 0 Å². The maximum atomic E-state index is 5.53. The molecule has 2 rings (SSSR count). The highest BCUT2D eigenvalue weighted by molar-refractivity contribution is 5.40. The van der Waals surface area contributed by atoms with E-state index in [0.717, 1.165) is 12.1 Å². The van der Waals surface area contributed by atoms with Gasteiger partial charge in [-0.2, -0.15) is 0 Å². The van der Waals surface area contributed by atoms with Gasteiger partial charge in [0.25, 0.3) is 0 Å². The van der Waals surface area contributed by atoms with Crippen LogP contribution in [-0.2, 0) is 6.42 Å². The lowest BCUT2D eigenvalue weighted by atomic mass is 10.1. The Labute approximate surface area is 119 Å². The minimum Gasteiger partial charge on any atom is -0.399 e. The van der Waals surface area contributed by atoms with Gasteiger partial charge in [0, 0.05) is 5.69 Å². The lowest BCUT2D eigenvalue weighted by Crippen LogP contribution is -1.85. The first-order valence-corrected chi connectivity index (χ1v) is 7.17. The third kappa shape index (κ3) is 12.5. The molecule has 0 aliphatic carbocycles. The van der Waals surface area contributed by atoms with Gasteiger partial charge in [-0.3, -0.25) is 0 Å². The topological polar surface area (TPSA) is 26.0 Å². The summed E-state index contributed by atoms with van der Waals surface area (Å²) >= 11 is 0. The number of aryl methyl sites for hydroxylation is 1. The van der Waals surface area contributed by atoms with E-state index in [0.29, 0.717) is 0 Å². The van der Waals surface area contributed by atoms with Crippen molar-refractivity contribution in [2.45, 2.75) is 41.0 Å². The van der Waals surface area contributed by atoms with Crippen LogP contribution in [0, 0.1) is 0 Å². The number of anilines is 1. The summed E-state index contributed by atoms with van der Waals surface area (Å²) in [7, 11) is 0. The molecule has 0 unspecified atom stereocenters. The van der Waals surface area contributed by atoms with E-state index in [4.69, 9.17) is 5.73 Å². The summed E-state index contributed by atoms with van der Waals surface area (Å²) in [5.41, 5.74) is 7.69. The molecule has 0 atom stereocenters. The molecule has 0 amide bonds. The van der Waals surface area contributed by atoms with Gasteiger partial charge in [-0.1, -0.05) is 83.1 Å². The number of hydrogen-bond donors (Lipinski definition) is 1. The van der Waals surface area contributed by atoms with E-state index in [1.165, 1.54) is 5.56 Å². The van der Waals surface area contributed by atoms with Gasteiger partial charge in [0.05, 0.1) is 0 Å². The number of nitrogen functional groups attached to an aromatic ring is 1. The predicted molar refractivity (Wildman–Crippen MR) is 89.4 cm³/mol. The number of nitrogens with two attached hydrogens (primary N) is 1. The molecule has 0 saturated carbocycles. The zero-order valence-electron chi connectivity index (χ0n) is 13.1. The molecule has 0 aliphatic heterocycles. The molecule has 0 fully saturated rings. The molecule has 0 spiro atoms. The van der Waals surface area contributed by atoms with Crippen LogP contribution in [0.4, 0.5) is 5.69 Å². The highest BCUT2D eigenvalue weighted by Crippen LogP contribution is 2.05. The molecule has 2 N–H and O–H groups in total. The Bertz CT molecular complexity index is 342. The van der Waals surface area contributed by atoms with Crippen LogP contribution in [0.15, 0.2) is 60.7 Å². The Morgan fingerprint density at radius 1 is 0.737 bits per heavy atom. The van der Waals surface area contributed by atoms with Crippen molar-refractivity contribution in [3.8, 4) is 0 Å². The van der Waals surface area contributed by atoms with Gasteiger partial charge in [0.2, 0.25) is 0 Å². The Morgan fingerprint density at radius 3 is 1.42 bits per heavy atom. The van der Waals surface area contributed by atoms with Gasteiger partial charge >= 0.3 is 0 Å². The normalized spacial score (nSPS) is 7.63. The minimum absolute atomic E-state index is 0.856. The summed E-state index contributed by atoms with van der Waals surface area (Å²) in [4.78, 5) is 0. The summed E-state index contributed by atoms with van der Waals surface area (Å²) in [6.07, 6.45) is 1.06. The van der Waals surface area contributed by atoms with Crippen LogP contribution in [0.25, 0.3) is 0 Å². The molecule has 0 bridgehead atoms. The second kappa shape index (κ2) is 16.2. The highest BCUT2D eigenvalue weighted by atomic mass is 14.5. The Kier molecular flexibility index (Phi) is 16.7. The molecule has 2 aromatic rings. The molecule has 0 saturated heterocycles. The molecule has 1 heteroatoms. The fourth-order valence-corrected chi connectivity index (χ4v) is 1.20. The zero-order valence-corrected chi connectivity index (χ0v) is 13.1. The van der Waals surface area contributed by atoms with Crippen LogP contribution in [0.3, 0.4) is 0 Å². The number of hydrogen-bond acceptors (Lipinski definition) is 1. The van der Waals surface area contributed by atoms with Gasteiger partial charge in [0.1, 0.15) is 0 Å². The zero-order chi connectivity index (χ0) is 14.9. The van der Waals surface area contributed by atoms with Crippen molar-refractivity contribution in [1.29, 1.82) is 0 Å². The molecule has 0 heterocycles. The third-order valence-corrected chi connectivity index (χ3v) is 2.03. The smallest absolute Gasteiger partial charge is 0.0316 e. The van der Waals surface area contributed by atoms with Gasteiger partial charge in [-0.15, -0.1) is 0 Å². The van der Waals surface area contributed by atoms with E-state index >= 15 is 0 Å². The van der Waals surface area contributed by atoms with E-state index in [-0.39, 0.29) is 0 Å². The Balaban J connectivity index is 0. The summed E-state index contributed by atoms with van der Waals surface area (Å²) in [5.74, 6) is 0. The molecular formula is C18H29N. The van der Waals surface area contributed by atoms with Crippen molar-refractivity contribution < 1.29 is 0 Å². The third-order valence-electron chi connectivity index (χ3n) is 2.03.